The summed E-state index contributed by atoms with van der Waals surface area (Å²) in [5.74, 6) is 0. The van der Waals surface area contributed by atoms with Crippen molar-refractivity contribution >= 4 is 15.7 Å². The Balaban J connectivity index is 3.13. The van der Waals surface area contributed by atoms with E-state index in [0.29, 0.717) is 6.54 Å². The van der Waals surface area contributed by atoms with Gasteiger partial charge in [0.05, 0.1) is 5.69 Å². The lowest BCUT2D eigenvalue weighted by Crippen LogP contribution is -2.36. The maximum Gasteiger partial charge on any atom is 0.402 e. The van der Waals surface area contributed by atoms with E-state index in [1.807, 2.05) is 0 Å². The Morgan fingerprint density at radius 2 is 2.05 bits per heavy atom. The molecular weight excluding hydrogens is 283 g/mol. The summed E-state index contributed by atoms with van der Waals surface area (Å²) in [7, 11) is -3.36. The summed E-state index contributed by atoms with van der Waals surface area (Å²) in [6, 6.07) is 1.40. The van der Waals surface area contributed by atoms with Crippen LogP contribution in [0.1, 0.15) is 6.92 Å². The molecule has 1 heterocycles. The normalized spacial score (nSPS) is 12.7. The van der Waals surface area contributed by atoms with Gasteiger partial charge in [-0.2, -0.15) is 17.5 Å². The zero-order valence-electron chi connectivity index (χ0n) is 10.4. The van der Waals surface area contributed by atoms with Crippen molar-refractivity contribution in [3.8, 4) is 0 Å². The van der Waals surface area contributed by atoms with Gasteiger partial charge in [-0.05, 0) is 13.0 Å². The van der Waals surface area contributed by atoms with Crippen molar-refractivity contribution in [2.75, 3.05) is 25.5 Å². The first-order chi connectivity index (χ1) is 8.68. The predicted octanol–water partition coefficient (Wildman–Crippen LogP) is 1.70. The lowest BCUT2D eigenvalue weighted by atomic mass is 10.4. The molecule has 0 unspecified atom stereocenters. The molecule has 9 heteroatoms. The highest BCUT2D eigenvalue weighted by molar-refractivity contribution is 7.89. The van der Waals surface area contributed by atoms with E-state index in [9.17, 15) is 21.6 Å². The van der Waals surface area contributed by atoms with Gasteiger partial charge in [-0.3, -0.25) is 4.98 Å². The quantitative estimate of drug-likeness (QED) is 0.898. The average molecular weight is 297 g/mol. The molecule has 0 aliphatic rings. The largest absolute Gasteiger partial charge is 0.402 e. The number of sulfonamides is 1. The predicted molar refractivity (Wildman–Crippen MR) is 64.3 cm³/mol. The van der Waals surface area contributed by atoms with Gasteiger partial charge in [0.1, 0.15) is 11.4 Å². The molecular formula is C10H14F3N3O2S. The first kappa shape index (κ1) is 15.7. The second-order valence-corrected chi connectivity index (χ2v) is 5.79. The van der Waals surface area contributed by atoms with Gasteiger partial charge in [-0.1, -0.05) is 0 Å². The Hall–Kier alpha value is -1.35. The van der Waals surface area contributed by atoms with Crippen LogP contribution in [0.3, 0.4) is 0 Å². The van der Waals surface area contributed by atoms with E-state index in [-0.39, 0.29) is 14.9 Å². The van der Waals surface area contributed by atoms with Gasteiger partial charge in [0, 0.05) is 26.0 Å². The van der Waals surface area contributed by atoms with E-state index in [4.69, 9.17) is 0 Å². The fourth-order valence-corrected chi connectivity index (χ4v) is 2.69. The second kappa shape index (κ2) is 5.74. The Bertz CT molecular complexity index is 531. The number of halogens is 3. The van der Waals surface area contributed by atoms with Gasteiger partial charge in [-0.15, -0.1) is 0 Å². The van der Waals surface area contributed by atoms with Crippen LogP contribution in [0.5, 0.6) is 0 Å². The van der Waals surface area contributed by atoms with Crippen LogP contribution in [-0.2, 0) is 10.0 Å². The van der Waals surface area contributed by atoms with Crippen LogP contribution in [0.2, 0.25) is 0 Å². The van der Waals surface area contributed by atoms with Gasteiger partial charge in [0.25, 0.3) is 0 Å². The molecule has 19 heavy (non-hydrogen) atoms. The Morgan fingerprint density at radius 3 is 2.58 bits per heavy atom. The molecule has 5 nitrogen and oxygen atoms in total. The van der Waals surface area contributed by atoms with Crippen LogP contribution in [0.4, 0.5) is 18.9 Å². The van der Waals surface area contributed by atoms with Crippen LogP contribution in [0, 0.1) is 0 Å². The fraction of sp³-hybridized carbons (Fsp3) is 0.500. The lowest BCUT2D eigenvalue weighted by Gasteiger charge is -2.20. The number of alkyl halides is 3. The second-order valence-electron chi connectivity index (χ2n) is 3.78. The molecule has 1 aromatic rings. The third-order valence-electron chi connectivity index (χ3n) is 2.24. The number of hydrogen-bond donors (Lipinski definition) is 1. The summed E-state index contributed by atoms with van der Waals surface area (Å²) < 4.78 is 61.1. The van der Waals surface area contributed by atoms with Crippen molar-refractivity contribution < 1.29 is 21.6 Å². The average Bonchev–Trinajstić information content (AvgIpc) is 2.27. The molecule has 108 valence electrons. The highest BCUT2D eigenvalue weighted by Gasteiger charge is 2.35. The molecule has 0 amide bonds. The summed E-state index contributed by atoms with van der Waals surface area (Å²) >= 11 is 0. The van der Waals surface area contributed by atoms with Crippen LogP contribution >= 0.6 is 0 Å². The monoisotopic (exact) mass is 297 g/mol. The minimum Gasteiger partial charge on any atom is -0.384 e. The van der Waals surface area contributed by atoms with Gasteiger partial charge in [-0.25, -0.2) is 8.42 Å². The van der Waals surface area contributed by atoms with E-state index in [0.717, 1.165) is 13.2 Å². The van der Waals surface area contributed by atoms with Crippen molar-refractivity contribution in [3.05, 3.63) is 18.5 Å². The number of rotatable bonds is 5. The Kier molecular flexibility index (Phi) is 4.75. The van der Waals surface area contributed by atoms with Crippen LogP contribution in [0.15, 0.2) is 23.4 Å². The highest BCUT2D eigenvalue weighted by Crippen LogP contribution is 2.25. The first-order valence-corrected chi connectivity index (χ1v) is 6.83. The topological polar surface area (TPSA) is 62.3 Å². The van der Waals surface area contributed by atoms with Crippen LogP contribution in [0.25, 0.3) is 0 Å². The highest BCUT2D eigenvalue weighted by atomic mass is 32.2. The molecule has 0 spiro atoms. The summed E-state index contributed by atoms with van der Waals surface area (Å²) in [5, 5.41) is 2.77. The first-order valence-electron chi connectivity index (χ1n) is 5.39. The molecule has 0 aliphatic heterocycles. The van der Waals surface area contributed by atoms with Crippen molar-refractivity contribution in [2.45, 2.75) is 18.0 Å². The number of nitrogens with one attached hydrogen (secondary N) is 1. The van der Waals surface area contributed by atoms with Crippen molar-refractivity contribution in [1.29, 1.82) is 0 Å². The van der Waals surface area contributed by atoms with Crippen molar-refractivity contribution in [2.24, 2.45) is 0 Å². The third kappa shape index (κ3) is 4.06. The fourth-order valence-electron chi connectivity index (χ4n) is 1.43. The van der Waals surface area contributed by atoms with E-state index >= 15 is 0 Å². The maximum absolute atomic E-state index is 12.3. The van der Waals surface area contributed by atoms with E-state index in [2.05, 4.69) is 10.3 Å². The number of hydrogen-bond acceptors (Lipinski definition) is 4. The van der Waals surface area contributed by atoms with Gasteiger partial charge in [0.15, 0.2) is 0 Å². The van der Waals surface area contributed by atoms with Crippen molar-refractivity contribution in [1.82, 2.24) is 9.29 Å². The van der Waals surface area contributed by atoms with Gasteiger partial charge >= 0.3 is 6.18 Å². The number of pyridine rings is 1. The Morgan fingerprint density at radius 1 is 1.42 bits per heavy atom. The number of nitrogens with zero attached hydrogens (tertiary/aromatic N) is 2. The van der Waals surface area contributed by atoms with Crippen LogP contribution in [-0.4, -0.2) is 44.0 Å². The molecule has 0 aromatic carbocycles. The summed E-state index contributed by atoms with van der Waals surface area (Å²) in [6.07, 6.45) is -2.21. The van der Waals surface area contributed by atoms with E-state index in [1.165, 1.54) is 12.3 Å². The Labute approximate surface area is 109 Å². The molecule has 1 rings (SSSR count). The number of anilines is 1. The van der Waals surface area contributed by atoms with Crippen molar-refractivity contribution in [3.63, 3.8) is 0 Å². The zero-order valence-corrected chi connectivity index (χ0v) is 11.2. The minimum absolute atomic E-state index is 0.228. The van der Waals surface area contributed by atoms with Gasteiger partial charge in [0.2, 0.25) is 10.0 Å². The standard InChI is InChI=1S/C10H14F3N3O2S/c1-3-15-8-4-5-14-6-9(8)19(17,18)16(2)7-10(11,12)13/h4-6H,3,7H2,1-2H3,(H,14,15). The minimum atomic E-state index is -4.59. The number of aromatic nitrogens is 1. The van der Waals surface area contributed by atoms with E-state index < -0.39 is 22.7 Å². The molecule has 1 N–H and O–H groups in total. The SMILES string of the molecule is CCNc1ccncc1S(=O)(=O)N(C)CC(F)(F)F. The molecule has 1 aromatic heterocycles. The molecule has 0 saturated heterocycles. The van der Waals surface area contributed by atoms with Gasteiger partial charge < -0.3 is 5.32 Å². The molecule has 0 saturated carbocycles. The molecule has 0 bridgehead atoms. The maximum atomic E-state index is 12.3. The third-order valence-corrected chi connectivity index (χ3v) is 4.07. The lowest BCUT2D eigenvalue weighted by molar-refractivity contribution is -0.134. The van der Waals surface area contributed by atoms with E-state index in [1.54, 1.807) is 6.92 Å². The molecule has 0 fully saturated rings. The zero-order chi connectivity index (χ0) is 14.7. The smallest absolute Gasteiger partial charge is 0.384 e. The van der Waals surface area contributed by atoms with Crippen LogP contribution < -0.4 is 5.32 Å². The molecule has 0 radical (unpaired) electrons. The summed E-state index contributed by atoms with van der Waals surface area (Å²) in [4.78, 5) is 3.37. The summed E-state index contributed by atoms with van der Waals surface area (Å²) in [5.41, 5.74) is 0.228. The molecule has 0 atom stereocenters. The summed E-state index contributed by atoms with van der Waals surface area (Å²) in [6.45, 7) is 0.640. The molecule has 0 aliphatic carbocycles.